The average Bonchev–Trinajstić information content (AvgIpc) is 2.77. The number of rotatable bonds is 3. The fraction of sp³-hybridized carbons (Fsp3) is 0.417. The van der Waals surface area contributed by atoms with E-state index in [-0.39, 0.29) is 41.9 Å². The monoisotopic (exact) mass is 334 g/mol. The summed E-state index contributed by atoms with van der Waals surface area (Å²) in [6, 6.07) is 2.04. The van der Waals surface area contributed by atoms with Gasteiger partial charge in [-0.2, -0.15) is 8.42 Å². The van der Waals surface area contributed by atoms with Crippen LogP contribution in [0.5, 0.6) is 0 Å². The zero-order chi connectivity index (χ0) is 15.2. The van der Waals surface area contributed by atoms with Gasteiger partial charge in [0.25, 0.3) is 5.91 Å². The van der Waals surface area contributed by atoms with Gasteiger partial charge in [-0.1, -0.05) is 6.07 Å². The first-order chi connectivity index (χ1) is 9.89. The minimum absolute atomic E-state index is 0. The molecule has 1 N–H and O–H groups in total. The van der Waals surface area contributed by atoms with Crippen LogP contribution >= 0.6 is 0 Å². The van der Waals surface area contributed by atoms with Crippen molar-refractivity contribution in [2.75, 3.05) is 6.54 Å². The van der Waals surface area contributed by atoms with E-state index < -0.39 is 28.3 Å². The first-order valence-electron chi connectivity index (χ1n) is 6.38. The molecular weight excluding hydrogens is 321 g/mol. The predicted octanol–water partition coefficient (Wildman–Crippen LogP) is -1.14. The van der Waals surface area contributed by atoms with Crippen LogP contribution in [0, 0.1) is 0 Å². The topological polar surface area (TPSA) is 108 Å². The second-order valence-electron chi connectivity index (χ2n) is 5.04. The van der Waals surface area contributed by atoms with Crippen LogP contribution in [-0.4, -0.2) is 87.2 Å². The number of carbonyl (C=O) groups excluding carboxylic acids is 2. The summed E-state index contributed by atoms with van der Waals surface area (Å²) >= 11 is 0. The SMILES string of the molecule is O=C(Cc1cccnc1)N1CC[C@@H]2[C@H]1C(=O)N2S(=O)(=O)O.[Na]. The molecule has 1 radical (unpaired) electrons. The zero-order valence-electron chi connectivity index (χ0n) is 11.9. The molecule has 0 aromatic carbocycles. The number of fused-ring (bicyclic) bond motifs is 1. The fourth-order valence-electron chi connectivity index (χ4n) is 2.87. The third kappa shape index (κ3) is 2.91. The quantitative estimate of drug-likeness (QED) is 0.425. The van der Waals surface area contributed by atoms with Crippen molar-refractivity contribution in [2.45, 2.75) is 24.9 Å². The first kappa shape index (κ1) is 17.4. The molecule has 2 aliphatic rings. The predicted molar refractivity (Wildman–Crippen MR) is 76.0 cm³/mol. The van der Waals surface area contributed by atoms with Crippen molar-refractivity contribution in [3.8, 4) is 0 Å². The molecule has 0 aliphatic carbocycles. The molecule has 2 fully saturated rings. The minimum Gasteiger partial charge on any atom is -0.328 e. The third-order valence-corrected chi connectivity index (χ3v) is 4.73. The van der Waals surface area contributed by atoms with Crippen LogP contribution in [0.25, 0.3) is 0 Å². The summed E-state index contributed by atoms with van der Waals surface area (Å²) in [6.07, 6.45) is 3.61. The molecule has 1 aromatic heterocycles. The summed E-state index contributed by atoms with van der Waals surface area (Å²) in [5.41, 5.74) is 0.726. The molecule has 2 aliphatic heterocycles. The van der Waals surface area contributed by atoms with Crippen molar-refractivity contribution in [3.05, 3.63) is 30.1 Å². The molecule has 0 spiro atoms. The second kappa shape index (κ2) is 6.25. The van der Waals surface area contributed by atoms with Crippen LogP contribution in [-0.2, 0) is 26.3 Å². The summed E-state index contributed by atoms with van der Waals surface area (Å²) in [5.74, 6) is -1.00. The number of amides is 2. The third-order valence-electron chi connectivity index (χ3n) is 3.78. The van der Waals surface area contributed by atoms with E-state index in [9.17, 15) is 18.0 Å². The van der Waals surface area contributed by atoms with Crippen LogP contribution < -0.4 is 0 Å². The van der Waals surface area contributed by atoms with Crippen molar-refractivity contribution < 1.29 is 22.6 Å². The Hall–Kier alpha value is -1.00. The van der Waals surface area contributed by atoms with E-state index in [0.717, 1.165) is 5.56 Å². The van der Waals surface area contributed by atoms with Crippen LogP contribution in [0.15, 0.2) is 24.5 Å². The van der Waals surface area contributed by atoms with Crippen LogP contribution in [0.4, 0.5) is 0 Å². The molecule has 0 bridgehead atoms. The van der Waals surface area contributed by atoms with Gasteiger partial charge in [0.2, 0.25) is 5.91 Å². The summed E-state index contributed by atoms with van der Waals surface area (Å²) in [7, 11) is -4.54. The molecule has 1 aromatic rings. The molecule has 2 amide bonds. The van der Waals surface area contributed by atoms with Gasteiger partial charge in [-0.05, 0) is 18.1 Å². The molecular formula is C12H13N3NaO5S. The van der Waals surface area contributed by atoms with Gasteiger partial charge >= 0.3 is 10.3 Å². The first-order valence-corrected chi connectivity index (χ1v) is 7.78. The summed E-state index contributed by atoms with van der Waals surface area (Å²) in [5, 5.41) is 0. The Balaban J connectivity index is 0.00000176. The van der Waals surface area contributed by atoms with Crippen molar-refractivity contribution in [2.24, 2.45) is 0 Å². The van der Waals surface area contributed by atoms with Crippen molar-refractivity contribution in [3.63, 3.8) is 0 Å². The summed E-state index contributed by atoms with van der Waals surface area (Å²) in [4.78, 5) is 29.3. The number of aromatic nitrogens is 1. The van der Waals surface area contributed by atoms with Crippen molar-refractivity contribution >= 4 is 51.7 Å². The van der Waals surface area contributed by atoms with Crippen LogP contribution in [0.3, 0.4) is 0 Å². The van der Waals surface area contributed by atoms with E-state index in [1.54, 1.807) is 24.5 Å². The van der Waals surface area contributed by atoms with Crippen LogP contribution in [0.1, 0.15) is 12.0 Å². The van der Waals surface area contributed by atoms with Crippen molar-refractivity contribution in [1.82, 2.24) is 14.2 Å². The normalized spacial score (nSPS) is 23.6. The second-order valence-corrected chi connectivity index (χ2v) is 6.33. The van der Waals surface area contributed by atoms with E-state index in [4.69, 9.17) is 4.55 Å². The molecule has 2 saturated heterocycles. The fourth-order valence-corrected chi connectivity index (χ4v) is 3.77. The Bertz CT molecular complexity index is 696. The molecule has 3 heterocycles. The van der Waals surface area contributed by atoms with Crippen molar-refractivity contribution in [1.29, 1.82) is 0 Å². The molecule has 22 heavy (non-hydrogen) atoms. The van der Waals surface area contributed by atoms with Gasteiger partial charge in [-0.15, -0.1) is 0 Å². The molecule has 2 atom stereocenters. The standard InChI is InChI=1S/C12H13N3O5S.Na/c16-10(6-8-2-1-4-13-7-8)14-5-3-9-11(14)12(17)15(9)21(18,19)20;/h1-2,4,7,9,11H,3,5-6H2,(H,18,19,20);/t9-,11+;/m1./s1. The Kier molecular flexibility index (Phi) is 4.93. The Morgan fingerprint density at radius 1 is 1.45 bits per heavy atom. The minimum atomic E-state index is -4.54. The molecule has 0 unspecified atom stereocenters. The van der Waals surface area contributed by atoms with E-state index in [1.807, 2.05) is 0 Å². The Labute approximate surface area is 149 Å². The molecule has 3 rings (SSSR count). The number of hydrogen-bond acceptors (Lipinski definition) is 5. The number of pyridine rings is 1. The molecule has 8 nitrogen and oxygen atoms in total. The van der Waals surface area contributed by atoms with Gasteiger partial charge in [-0.3, -0.25) is 19.1 Å². The Morgan fingerprint density at radius 3 is 2.77 bits per heavy atom. The maximum atomic E-state index is 12.2. The van der Waals surface area contributed by atoms with E-state index in [2.05, 4.69) is 4.98 Å². The number of β-lactam (4-membered cyclic amide) rings is 1. The zero-order valence-corrected chi connectivity index (χ0v) is 14.7. The smallest absolute Gasteiger partial charge is 0.328 e. The van der Waals surface area contributed by atoms with E-state index in [1.165, 1.54) is 4.90 Å². The number of carbonyl (C=O) groups is 2. The van der Waals surface area contributed by atoms with Gasteiger partial charge in [0.05, 0.1) is 12.5 Å². The average molecular weight is 334 g/mol. The van der Waals surface area contributed by atoms with E-state index in [0.29, 0.717) is 17.3 Å². The number of nitrogens with zero attached hydrogens (tertiary/aromatic N) is 3. The van der Waals surface area contributed by atoms with Gasteiger partial charge in [-0.25, -0.2) is 4.31 Å². The molecule has 10 heteroatoms. The van der Waals surface area contributed by atoms with Gasteiger partial charge in [0.15, 0.2) is 0 Å². The maximum Gasteiger partial charge on any atom is 0.362 e. The maximum absolute atomic E-state index is 12.2. The number of likely N-dealkylation sites (tertiary alicyclic amines) is 1. The molecule has 0 saturated carbocycles. The van der Waals surface area contributed by atoms with Gasteiger partial charge in [0, 0.05) is 48.5 Å². The summed E-state index contributed by atoms with van der Waals surface area (Å²) < 4.78 is 31.6. The summed E-state index contributed by atoms with van der Waals surface area (Å²) in [6.45, 7) is 0.298. The van der Waals surface area contributed by atoms with Crippen LogP contribution in [0.2, 0.25) is 0 Å². The molecule has 113 valence electrons. The van der Waals surface area contributed by atoms with Gasteiger partial charge < -0.3 is 4.90 Å². The van der Waals surface area contributed by atoms with E-state index >= 15 is 0 Å². The Morgan fingerprint density at radius 2 is 2.18 bits per heavy atom. The largest absolute Gasteiger partial charge is 0.362 e. The van der Waals surface area contributed by atoms with Gasteiger partial charge in [0.1, 0.15) is 6.04 Å². The number of hydrogen-bond donors (Lipinski definition) is 1.